The van der Waals surface area contributed by atoms with Gasteiger partial charge in [0, 0.05) is 0 Å². The van der Waals surface area contributed by atoms with E-state index in [1.807, 2.05) is 0 Å². The number of hydrogen-bond donors (Lipinski definition) is 0. The summed E-state index contributed by atoms with van der Waals surface area (Å²) in [6.45, 7) is 0. The van der Waals surface area contributed by atoms with E-state index in [4.69, 9.17) is 0 Å². The topological polar surface area (TPSA) is 0 Å². The van der Waals surface area contributed by atoms with Crippen molar-refractivity contribution in [3.8, 4) is 0 Å². The molecule has 0 unspecified atom stereocenters. The molecular formula is C16H11F3. The maximum Gasteiger partial charge on any atom is 0.159 e. The van der Waals surface area contributed by atoms with Crippen molar-refractivity contribution in [2.75, 3.05) is 0 Å². The van der Waals surface area contributed by atoms with Gasteiger partial charge in [0.15, 0.2) is 11.6 Å². The van der Waals surface area contributed by atoms with Crippen LogP contribution in [-0.4, -0.2) is 0 Å². The second-order valence-electron chi connectivity index (χ2n) is 3.95. The van der Waals surface area contributed by atoms with Gasteiger partial charge >= 0.3 is 0 Å². The molecule has 96 valence electrons. The molecule has 0 aromatic heterocycles. The highest BCUT2D eigenvalue weighted by atomic mass is 19.2. The summed E-state index contributed by atoms with van der Waals surface area (Å²) < 4.78 is 38.5. The molecule has 0 atom stereocenters. The summed E-state index contributed by atoms with van der Waals surface area (Å²) in [5, 5.41) is 0. The first-order chi connectivity index (χ1) is 9.15. The largest absolute Gasteiger partial charge is 0.207 e. The van der Waals surface area contributed by atoms with Crippen molar-refractivity contribution in [2.24, 2.45) is 0 Å². The fourth-order valence-corrected chi connectivity index (χ4v) is 1.56. The Morgan fingerprint density at radius 3 is 2.00 bits per heavy atom. The van der Waals surface area contributed by atoms with E-state index < -0.39 is 11.6 Å². The predicted octanol–water partition coefficient (Wildman–Crippen LogP) is 4.83. The highest BCUT2D eigenvalue weighted by Crippen LogP contribution is 2.10. The minimum atomic E-state index is -0.878. The average Bonchev–Trinajstić information content (AvgIpc) is 2.39. The maximum absolute atomic E-state index is 12.9. The Kier molecular flexibility index (Phi) is 4.18. The lowest BCUT2D eigenvalue weighted by atomic mass is 10.2. The molecule has 0 aliphatic rings. The average molecular weight is 260 g/mol. The van der Waals surface area contributed by atoms with E-state index in [0.29, 0.717) is 5.56 Å². The van der Waals surface area contributed by atoms with Crippen LogP contribution in [0.1, 0.15) is 11.1 Å². The summed E-state index contributed by atoms with van der Waals surface area (Å²) in [6, 6.07) is 9.83. The minimum Gasteiger partial charge on any atom is -0.207 e. The van der Waals surface area contributed by atoms with Gasteiger partial charge in [0.25, 0.3) is 0 Å². The van der Waals surface area contributed by atoms with Gasteiger partial charge in [-0.05, 0) is 35.4 Å². The molecule has 0 amide bonds. The molecule has 2 aromatic rings. The standard InChI is InChI=1S/C16H11F3/c17-14-7-3-6-12(10-14)4-1-2-5-13-8-9-15(18)16(19)11-13/h1-11H/b4-1+,5-2+. The number of hydrogen-bond acceptors (Lipinski definition) is 0. The van der Waals surface area contributed by atoms with Crippen LogP contribution in [0, 0.1) is 17.5 Å². The van der Waals surface area contributed by atoms with Crippen LogP contribution in [0.25, 0.3) is 12.2 Å². The molecule has 0 saturated carbocycles. The lowest BCUT2D eigenvalue weighted by molar-refractivity contribution is 0.508. The third kappa shape index (κ3) is 3.85. The van der Waals surface area contributed by atoms with Crippen LogP contribution in [0.2, 0.25) is 0 Å². The van der Waals surface area contributed by atoms with Gasteiger partial charge in [0.1, 0.15) is 5.82 Å². The maximum atomic E-state index is 12.9. The van der Waals surface area contributed by atoms with E-state index in [2.05, 4.69) is 0 Å². The number of benzene rings is 2. The Labute approximate surface area is 109 Å². The second-order valence-corrected chi connectivity index (χ2v) is 3.95. The van der Waals surface area contributed by atoms with Crippen molar-refractivity contribution in [1.29, 1.82) is 0 Å². The van der Waals surface area contributed by atoms with Crippen LogP contribution < -0.4 is 0 Å². The van der Waals surface area contributed by atoms with Crippen molar-refractivity contribution in [3.63, 3.8) is 0 Å². The Morgan fingerprint density at radius 2 is 1.37 bits per heavy atom. The SMILES string of the molecule is Fc1cccc(/C=C/C=C/c2ccc(F)c(F)c2)c1. The molecular weight excluding hydrogens is 249 g/mol. The summed E-state index contributed by atoms with van der Waals surface area (Å²) >= 11 is 0. The Morgan fingerprint density at radius 1 is 0.684 bits per heavy atom. The smallest absolute Gasteiger partial charge is 0.159 e. The molecule has 0 saturated heterocycles. The van der Waals surface area contributed by atoms with E-state index in [-0.39, 0.29) is 5.82 Å². The Bertz CT molecular complexity index is 628. The van der Waals surface area contributed by atoms with Gasteiger partial charge in [-0.15, -0.1) is 0 Å². The fourth-order valence-electron chi connectivity index (χ4n) is 1.56. The van der Waals surface area contributed by atoms with E-state index >= 15 is 0 Å². The van der Waals surface area contributed by atoms with E-state index in [9.17, 15) is 13.2 Å². The highest BCUT2D eigenvalue weighted by molar-refractivity contribution is 5.57. The van der Waals surface area contributed by atoms with E-state index in [0.717, 1.165) is 17.7 Å². The quantitative estimate of drug-likeness (QED) is 0.693. The van der Waals surface area contributed by atoms with Crippen LogP contribution in [0.3, 0.4) is 0 Å². The van der Waals surface area contributed by atoms with Gasteiger partial charge in [-0.3, -0.25) is 0 Å². The summed E-state index contributed by atoms with van der Waals surface area (Å²) in [4.78, 5) is 0. The first-order valence-electron chi connectivity index (χ1n) is 5.70. The summed E-state index contributed by atoms with van der Waals surface area (Å²) in [7, 11) is 0. The second kappa shape index (κ2) is 6.05. The van der Waals surface area contributed by atoms with Gasteiger partial charge in [-0.2, -0.15) is 0 Å². The lowest BCUT2D eigenvalue weighted by Gasteiger charge is -1.94. The first kappa shape index (κ1) is 13.1. The van der Waals surface area contributed by atoms with Gasteiger partial charge < -0.3 is 0 Å². The summed E-state index contributed by atoms with van der Waals surface area (Å²) in [5.41, 5.74) is 1.29. The Balaban J connectivity index is 2.05. The summed E-state index contributed by atoms with van der Waals surface area (Å²) in [5.74, 6) is -2.05. The third-order valence-electron chi connectivity index (χ3n) is 2.48. The van der Waals surface area contributed by atoms with Gasteiger partial charge in [0.2, 0.25) is 0 Å². The van der Waals surface area contributed by atoms with Crippen LogP contribution in [0.15, 0.2) is 54.6 Å². The zero-order chi connectivity index (χ0) is 13.7. The molecule has 0 N–H and O–H groups in total. The molecule has 2 aromatic carbocycles. The molecule has 19 heavy (non-hydrogen) atoms. The molecule has 3 heteroatoms. The van der Waals surface area contributed by atoms with Crippen molar-refractivity contribution in [3.05, 3.63) is 83.2 Å². The fraction of sp³-hybridized carbons (Fsp3) is 0. The molecule has 0 fully saturated rings. The van der Waals surface area contributed by atoms with Gasteiger partial charge in [-0.25, -0.2) is 13.2 Å². The molecule has 0 nitrogen and oxygen atoms in total. The molecule has 0 heterocycles. The first-order valence-corrected chi connectivity index (χ1v) is 5.70. The number of halogens is 3. The van der Waals surface area contributed by atoms with E-state index in [1.54, 1.807) is 36.4 Å². The zero-order valence-electron chi connectivity index (χ0n) is 9.98. The van der Waals surface area contributed by atoms with Crippen LogP contribution in [0.4, 0.5) is 13.2 Å². The number of allylic oxidation sites excluding steroid dienone is 2. The molecule has 0 spiro atoms. The third-order valence-corrected chi connectivity index (χ3v) is 2.48. The highest BCUT2D eigenvalue weighted by Gasteiger charge is 1.99. The van der Waals surface area contributed by atoms with Gasteiger partial charge in [0.05, 0.1) is 0 Å². The molecule has 0 bridgehead atoms. The molecule has 2 rings (SSSR count). The zero-order valence-corrected chi connectivity index (χ0v) is 9.98. The normalized spacial score (nSPS) is 11.5. The lowest BCUT2D eigenvalue weighted by Crippen LogP contribution is -1.83. The van der Waals surface area contributed by atoms with Crippen LogP contribution in [-0.2, 0) is 0 Å². The van der Waals surface area contributed by atoms with Crippen molar-refractivity contribution in [2.45, 2.75) is 0 Å². The molecule has 0 radical (unpaired) electrons. The van der Waals surface area contributed by atoms with Gasteiger partial charge in [-0.1, -0.05) is 42.5 Å². The van der Waals surface area contributed by atoms with Crippen molar-refractivity contribution in [1.82, 2.24) is 0 Å². The minimum absolute atomic E-state index is 0.299. The van der Waals surface area contributed by atoms with Crippen LogP contribution in [0.5, 0.6) is 0 Å². The van der Waals surface area contributed by atoms with E-state index in [1.165, 1.54) is 18.2 Å². The number of rotatable bonds is 3. The Hall–Kier alpha value is -2.29. The van der Waals surface area contributed by atoms with Crippen LogP contribution >= 0.6 is 0 Å². The molecule has 0 aliphatic carbocycles. The monoisotopic (exact) mass is 260 g/mol. The van der Waals surface area contributed by atoms with Crippen molar-refractivity contribution >= 4 is 12.2 Å². The van der Waals surface area contributed by atoms with Crippen molar-refractivity contribution < 1.29 is 13.2 Å². The predicted molar refractivity (Wildman–Crippen MR) is 70.8 cm³/mol. The summed E-state index contributed by atoms with van der Waals surface area (Å²) in [6.07, 6.45) is 6.74. The molecule has 0 aliphatic heterocycles.